The monoisotopic (exact) mass is 199 g/mol. The van der Waals surface area contributed by atoms with Crippen LogP contribution in [0, 0.1) is 6.92 Å². The summed E-state index contributed by atoms with van der Waals surface area (Å²) in [4.78, 5) is 8.20. The summed E-state index contributed by atoms with van der Waals surface area (Å²) in [7, 11) is 0. The Balaban J connectivity index is 1.96. The summed E-state index contributed by atoms with van der Waals surface area (Å²) in [6, 6.07) is 7.99. The Morgan fingerprint density at radius 1 is 1.13 bits per heavy atom. The Kier molecular flexibility index (Phi) is 2.93. The Morgan fingerprint density at radius 2 is 1.93 bits per heavy atom. The molecule has 0 saturated heterocycles. The van der Waals surface area contributed by atoms with Gasteiger partial charge < -0.3 is 5.32 Å². The molecule has 0 aliphatic carbocycles. The third-order valence-corrected chi connectivity index (χ3v) is 2.15. The van der Waals surface area contributed by atoms with E-state index in [1.165, 1.54) is 5.56 Å². The van der Waals surface area contributed by atoms with Gasteiger partial charge in [0.2, 0.25) is 0 Å². The second kappa shape index (κ2) is 4.55. The van der Waals surface area contributed by atoms with Gasteiger partial charge in [0.1, 0.15) is 0 Å². The van der Waals surface area contributed by atoms with Crippen LogP contribution >= 0.6 is 0 Å². The van der Waals surface area contributed by atoms with Crippen molar-refractivity contribution in [2.24, 2.45) is 0 Å². The molecule has 0 amide bonds. The smallest absolute Gasteiger partial charge is 0.0416 e. The van der Waals surface area contributed by atoms with Crippen molar-refractivity contribution in [2.75, 3.05) is 5.32 Å². The van der Waals surface area contributed by atoms with E-state index in [-0.39, 0.29) is 0 Å². The van der Waals surface area contributed by atoms with Crippen LogP contribution < -0.4 is 5.32 Å². The molecule has 0 fully saturated rings. The molecule has 3 heteroatoms. The fourth-order valence-corrected chi connectivity index (χ4v) is 1.28. The number of rotatable bonds is 3. The van der Waals surface area contributed by atoms with Crippen LogP contribution in [0.15, 0.2) is 42.9 Å². The number of pyridine rings is 2. The lowest BCUT2D eigenvalue weighted by Gasteiger charge is -2.05. The van der Waals surface area contributed by atoms with E-state index in [2.05, 4.69) is 21.4 Å². The van der Waals surface area contributed by atoms with E-state index in [0.29, 0.717) is 0 Å². The van der Waals surface area contributed by atoms with E-state index in [1.807, 2.05) is 31.3 Å². The number of nitrogens with zero attached hydrogens (tertiary/aromatic N) is 2. The van der Waals surface area contributed by atoms with Gasteiger partial charge in [-0.2, -0.15) is 0 Å². The molecule has 0 atom stereocenters. The van der Waals surface area contributed by atoms with Crippen molar-refractivity contribution in [3.8, 4) is 0 Å². The molecule has 0 aliphatic heterocycles. The summed E-state index contributed by atoms with van der Waals surface area (Å²) in [6.45, 7) is 2.78. The minimum Gasteiger partial charge on any atom is -0.381 e. The Bertz CT molecular complexity index is 409. The van der Waals surface area contributed by atoms with Crippen molar-refractivity contribution < 1.29 is 0 Å². The lowest BCUT2D eigenvalue weighted by Crippen LogP contribution is -1.99. The molecule has 0 saturated carbocycles. The topological polar surface area (TPSA) is 37.8 Å². The van der Waals surface area contributed by atoms with Crippen LogP contribution in [-0.2, 0) is 6.54 Å². The first-order valence-electron chi connectivity index (χ1n) is 4.90. The van der Waals surface area contributed by atoms with Crippen LogP contribution in [0.3, 0.4) is 0 Å². The van der Waals surface area contributed by atoms with Crippen molar-refractivity contribution in [1.29, 1.82) is 0 Å². The predicted octanol–water partition coefficient (Wildman–Crippen LogP) is 2.40. The molecule has 0 radical (unpaired) electrons. The maximum atomic E-state index is 4.24. The molecule has 1 N–H and O–H groups in total. The Morgan fingerprint density at radius 3 is 2.60 bits per heavy atom. The summed E-state index contributed by atoms with van der Waals surface area (Å²) in [6.07, 6.45) is 5.44. The maximum Gasteiger partial charge on any atom is 0.0416 e. The molecule has 0 aliphatic rings. The van der Waals surface area contributed by atoms with Gasteiger partial charge in [-0.3, -0.25) is 9.97 Å². The van der Waals surface area contributed by atoms with Gasteiger partial charge in [-0.15, -0.1) is 0 Å². The Labute approximate surface area is 89.2 Å². The summed E-state index contributed by atoms with van der Waals surface area (Å²) >= 11 is 0. The third kappa shape index (κ3) is 2.77. The molecule has 2 rings (SSSR count). The molecule has 0 bridgehead atoms. The first-order valence-corrected chi connectivity index (χ1v) is 4.90. The highest BCUT2D eigenvalue weighted by Gasteiger charge is 1.93. The largest absolute Gasteiger partial charge is 0.381 e. The minimum atomic E-state index is 0.789. The highest BCUT2D eigenvalue weighted by atomic mass is 14.9. The van der Waals surface area contributed by atoms with Crippen molar-refractivity contribution in [3.05, 3.63) is 54.1 Å². The first kappa shape index (κ1) is 9.65. The quantitative estimate of drug-likeness (QED) is 0.824. The van der Waals surface area contributed by atoms with Crippen LogP contribution in [0.2, 0.25) is 0 Å². The van der Waals surface area contributed by atoms with Crippen LogP contribution in [-0.4, -0.2) is 9.97 Å². The van der Waals surface area contributed by atoms with Crippen molar-refractivity contribution in [1.82, 2.24) is 9.97 Å². The van der Waals surface area contributed by atoms with Crippen LogP contribution in [0.4, 0.5) is 5.69 Å². The zero-order chi connectivity index (χ0) is 10.5. The molecule has 15 heavy (non-hydrogen) atoms. The van der Waals surface area contributed by atoms with Gasteiger partial charge in [0, 0.05) is 36.5 Å². The van der Waals surface area contributed by atoms with E-state index in [1.54, 1.807) is 12.4 Å². The van der Waals surface area contributed by atoms with Crippen LogP contribution in [0.25, 0.3) is 0 Å². The standard InChI is InChI=1S/C12H13N3/c1-10-2-3-11(8-14-10)9-15-12-4-6-13-7-5-12/h2-8H,9H2,1H3,(H,13,15). The molecule has 2 aromatic heterocycles. The molecule has 76 valence electrons. The average molecular weight is 199 g/mol. The second-order valence-corrected chi connectivity index (χ2v) is 3.40. The van der Waals surface area contributed by atoms with Gasteiger partial charge in [-0.25, -0.2) is 0 Å². The van der Waals surface area contributed by atoms with Gasteiger partial charge >= 0.3 is 0 Å². The summed E-state index contributed by atoms with van der Waals surface area (Å²) < 4.78 is 0. The first-order chi connectivity index (χ1) is 7.34. The van der Waals surface area contributed by atoms with Gasteiger partial charge in [0.25, 0.3) is 0 Å². The van der Waals surface area contributed by atoms with Gasteiger partial charge in [-0.1, -0.05) is 6.07 Å². The van der Waals surface area contributed by atoms with Crippen LogP contribution in [0.1, 0.15) is 11.3 Å². The summed E-state index contributed by atoms with van der Waals surface area (Å²) in [5, 5.41) is 3.30. The molecule has 2 aromatic rings. The predicted molar refractivity (Wildman–Crippen MR) is 60.5 cm³/mol. The van der Waals surface area contributed by atoms with Crippen LogP contribution in [0.5, 0.6) is 0 Å². The number of hydrogen-bond acceptors (Lipinski definition) is 3. The van der Waals surface area contributed by atoms with E-state index < -0.39 is 0 Å². The fourth-order valence-electron chi connectivity index (χ4n) is 1.28. The van der Waals surface area contributed by atoms with E-state index in [0.717, 1.165) is 17.9 Å². The normalized spacial score (nSPS) is 9.93. The highest BCUT2D eigenvalue weighted by molar-refractivity contribution is 5.41. The van der Waals surface area contributed by atoms with Crippen molar-refractivity contribution >= 4 is 5.69 Å². The number of aromatic nitrogens is 2. The molecule has 0 spiro atoms. The zero-order valence-electron chi connectivity index (χ0n) is 8.64. The average Bonchev–Trinajstić information content (AvgIpc) is 2.30. The Hall–Kier alpha value is -1.90. The van der Waals surface area contributed by atoms with Crippen molar-refractivity contribution in [2.45, 2.75) is 13.5 Å². The lowest BCUT2D eigenvalue weighted by atomic mass is 10.2. The molecule has 2 heterocycles. The fraction of sp³-hybridized carbons (Fsp3) is 0.167. The highest BCUT2D eigenvalue weighted by Crippen LogP contribution is 2.06. The molecular formula is C12H13N3. The van der Waals surface area contributed by atoms with Gasteiger partial charge in [-0.05, 0) is 30.7 Å². The zero-order valence-corrected chi connectivity index (χ0v) is 8.64. The number of aryl methyl sites for hydroxylation is 1. The number of anilines is 1. The number of nitrogens with one attached hydrogen (secondary N) is 1. The summed E-state index contributed by atoms with van der Waals surface area (Å²) in [5.74, 6) is 0. The number of hydrogen-bond donors (Lipinski definition) is 1. The SMILES string of the molecule is Cc1ccc(CNc2ccncc2)cn1. The molecular weight excluding hydrogens is 186 g/mol. The molecule has 3 nitrogen and oxygen atoms in total. The molecule has 0 unspecified atom stereocenters. The second-order valence-electron chi connectivity index (χ2n) is 3.40. The van der Waals surface area contributed by atoms with Gasteiger partial charge in [0.05, 0.1) is 0 Å². The maximum absolute atomic E-state index is 4.24. The van der Waals surface area contributed by atoms with E-state index in [9.17, 15) is 0 Å². The third-order valence-electron chi connectivity index (χ3n) is 2.15. The minimum absolute atomic E-state index is 0.789. The summed E-state index contributed by atoms with van der Waals surface area (Å²) in [5.41, 5.74) is 3.30. The van der Waals surface area contributed by atoms with E-state index in [4.69, 9.17) is 0 Å². The van der Waals surface area contributed by atoms with Gasteiger partial charge in [0.15, 0.2) is 0 Å². The van der Waals surface area contributed by atoms with Crippen molar-refractivity contribution in [3.63, 3.8) is 0 Å². The molecule has 0 aromatic carbocycles. The van der Waals surface area contributed by atoms with E-state index >= 15 is 0 Å². The lowest BCUT2D eigenvalue weighted by molar-refractivity contribution is 1.08.